The first-order valence-corrected chi connectivity index (χ1v) is 4.67. The van der Waals surface area contributed by atoms with Crippen molar-refractivity contribution in [1.82, 2.24) is 0 Å². The Morgan fingerprint density at radius 2 is 1.17 bits per heavy atom. The van der Waals surface area contributed by atoms with Gasteiger partial charge in [-0.25, -0.2) is 13.2 Å². The highest BCUT2D eigenvalue weighted by atomic mass is 19.2. The highest BCUT2D eigenvalue weighted by Crippen LogP contribution is 2.32. The number of halogens is 5. The standard InChI is InChI=1S/C12H4F5O/c13-7-8(14)10(16)12(11(17)9(7)15)18-6-4-2-1-3-5-6/h2-5H. The maximum Gasteiger partial charge on any atom is 0.207 e. The zero-order valence-electron chi connectivity index (χ0n) is 8.61. The van der Waals surface area contributed by atoms with E-state index in [1.165, 1.54) is 24.3 Å². The Balaban J connectivity index is 2.52. The van der Waals surface area contributed by atoms with Crippen molar-refractivity contribution in [3.63, 3.8) is 0 Å². The molecule has 0 spiro atoms. The largest absolute Gasteiger partial charge is 0.451 e. The van der Waals surface area contributed by atoms with E-state index in [-0.39, 0.29) is 5.75 Å². The monoisotopic (exact) mass is 259 g/mol. The summed E-state index contributed by atoms with van der Waals surface area (Å²) in [6.45, 7) is 0. The van der Waals surface area contributed by atoms with Gasteiger partial charge < -0.3 is 4.74 Å². The molecule has 0 bridgehead atoms. The summed E-state index contributed by atoms with van der Waals surface area (Å²) in [6, 6.07) is 7.85. The molecular formula is C12H4F5O. The maximum atomic E-state index is 13.2. The van der Waals surface area contributed by atoms with Gasteiger partial charge in [-0.2, -0.15) is 8.78 Å². The van der Waals surface area contributed by atoms with Crippen LogP contribution in [0, 0.1) is 35.2 Å². The van der Waals surface area contributed by atoms with Gasteiger partial charge in [0.2, 0.25) is 34.8 Å². The minimum Gasteiger partial charge on any atom is -0.451 e. The molecule has 2 aromatic carbocycles. The fourth-order valence-electron chi connectivity index (χ4n) is 1.23. The lowest BCUT2D eigenvalue weighted by Crippen LogP contribution is -2.04. The van der Waals surface area contributed by atoms with Crippen molar-refractivity contribution in [2.45, 2.75) is 0 Å². The molecule has 2 aromatic rings. The third-order valence-electron chi connectivity index (χ3n) is 2.08. The quantitative estimate of drug-likeness (QED) is 0.450. The molecule has 0 aliphatic carbocycles. The highest BCUT2D eigenvalue weighted by Gasteiger charge is 2.27. The molecule has 6 heteroatoms. The van der Waals surface area contributed by atoms with Crippen molar-refractivity contribution in [2.24, 2.45) is 0 Å². The minimum atomic E-state index is -2.22. The van der Waals surface area contributed by atoms with E-state index in [0.717, 1.165) is 0 Å². The van der Waals surface area contributed by atoms with Crippen LogP contribution in [0.1, 0.15) is 0 Å². The Morgan fingerprint density at radius 3 is 1.67 bits per heavy atom. The maximum absolute atomic E-state index is 13.2. The van der Waals surface area contributed by atoms with Crippen LogP contribution in [0.5, 0.6) is 11.5 Å². The lowest BCUT2D eigenvalue weighted by molar-refractivity contribution is 0.332. The van der Waals surface area contributed by atoms with Crippen LogP contribution in [0.3, 0.4) is 0 Å². The molecule has 0 aromatic heterocycles. The predicted molar refractivity (Wildman–Crippen MR) is 51.6 cm³/mol. The molecule has 0 amide bonds. The van der Waals surface area contributed by atoms with E-state index in [4.69, 9.17) is 0 Å². The molecule has 0 saturated heterocycles. The van der Waals surface area contributed by atoms with E-state index in [0.29, 0.717) is 0 Å². The van der Waals surface area contributed by atoms with Gasteiger partial charge >= 0.3 is 0 Å². The predicted octanol–water partition coefficient (Wildman–Crippen LogP) is 3.97. The van der Waals surface area contributed by atoms with Crippen LogP contribution in [0.25, 0.3) is 0 Å². The first-order valence-electron chi connectivity index (χ1n) is 4.67. The van der Waals surface area contributed by atoms with Crippen LogP contribution < -0.4 is 4.74 Å². The van der Waals surface area contributed by atoms with E-state index in [1.807, 2.05) is 0 Å². The second-order valence-electron chi connectivity index (χ2n) is 3.24. The van der Waals surface area contributed by atoms with Gasteiger partial charge in [-0.1, -0.05) is 12.1 Å². The molecule has 18 heavy (non-hydrogen) atoms. The zero-order valence-corrected chi connectivity index (χ0v) is 8.61. The molecule has 0 heterocycles. The summed E-state index contributed by atoms with van der Waals surface area (Å²) >= 11 is 0. The van der Waals surface area contributed by atoms with Gasteiger partial charge in [0, 0.05) is 0 Å². The van der Waals surface area contributed by atoms with Crippen molar-refractivity contribution >= 4 is 0 Å². The van der Waals surface area contributed by atoms with Gasteiger partial charge in [0.05, 0.1) is 0 Å². The Morgan fingerprint density at radius 1 is 0.722 bits per heavy atom. The average molecular weight is 259 g/mol. The Labute approximate surface area is 98.4 Å². The summed E-state index contributed by atoms with van der Waals surface area (Å²) < 4.78 is 69.6. The first-order chi connectivity index (χ1) is 8.52. The molecule has 0 unspecified atom stereocenters. The summed E-state index contributed by atoms with van der Waals surface area (Å²) in [5.74, 6) is -11.8. The van der Waals surface area contributed by atoms with Gasteiger partial charge in [0.1, 0.15) is 5.75 Å². The van der Waals surface area contributed by atoms with Crippen LogP contribution in [-0.4, -0.2) is 0 Å². The third-order valence-corrected chi connectivity index (χ3v) is 2.08. The van der Waals surface area contributed by atoms with Crippen LogP contribution in [-0.2, 0) is 0 Å². The van der Waals surface area contributed by atoms with Crippen molar-refractivity contribution in [2.75, 3.05) is 0 Å². The molecule has 2 rings (SSSR count). The van der Waals surface area contributed by atoms with E-state index < -0.39 is 34.8 Å². The van der Waals surface area contributed by atoms with Gasteiger partial charge in [0.15, 0.2) is 0 Å². The number of ether oxygens (including phenoxy) is 1. The molecule has 0 aliphatic rings. The molecule has 1 radical (unpaired) electrons. The number of rotatable bonds is 2. The summed E-state index contributed by atoms with van der Waals surface area (Å²) in [7, 11) is 0. The zero-order chi connectivity index (χ0) is 13.3. The van der Waals surface area contributed by atoms with Gasteiger partial charge in [0.25, 0.3) is 0 Å². The lowest BCUT2D eigenvalue weighted by atomic mass is 10.2. The molecule has 0 saturated carbocycles. The minimum absolute atomic E-state index is 0.0723. The van der Waals surface area contributed by atoms with Gasteiger partial charge in [-0.3, -0.25) is 0 Å². The number of hydrogen-bond donors (Lipinski definition) is 0. The summed E-state index contributed by atoms with van der Waals surface area (Å²) in [5.41, 5.74) is 0. The molecule has 0 N–H and O–H groups in total. The van der Waals surface area contributed by atoms with Crippen LogP contribution in [0.2, 0.25) is 0 Å². The first kappa shape index (κ1) is 12.3. The Hall–Kier alpha value is -2.11. The van der Waals surface area contributed by atoms with Crippen molar-refractivity contribution in [3.05, 3.63) is 59.4 Å². The summed E-state index contributed by atoms with van der Waals surface area (Å²) in [5, 5.41) is 0. The van der Waals surface area contributed by atoms with Crippen LogP contribution in [0.15, 0.2) is 24.3 Å². The fraction of sp³-hybridized carbons (Fsp3) is 0. The number of hydrogen-bond acceptors (Lipinski definition) is 1. The fourth-order valence-corrected chi connectivity index (χ4v) is 1.23. The van der Waals surface area contributed by atoms with E-state index in [9.17, 15) is 22.0 Å². The molecule has 93 valence electrons. The van der Waals surface area contributed by atoms with Crippen molar-refractivity contribution < 1.29 is 26.7 Å². The summed E-state index contributed by atoms with van der Waals surface area (Å²) in [4.78, 5) is 0. The van der Waals surface area contributed by atoms with Gasteiger partial charge in [-0.05, 0) is 18.2 Å². The Kier molecular flexibility index (Phi) is 3.18. The van der Waals surface area contributed by atoms with Crippen molar-refractivity contribution in [1.29, 1.82) is 0 Å². The summed E-state index contributed by atoms with van der Waals surface area (Å²) in [6.07, 6.45) is 0. The SMILES string of the molecule is Fc1c(F)c(F)c(Oc2cc[c]cc2)c(F)c1F. The second-order valence-corrected chi connectivity index (χ2v) is 3.24. The average Bonchev–Trinajstić information content (AvgIpc) is 2.40. The van der Waals surface area contributed by atoms with Gasteiger partial charge in [-0.15, -0.1) is 0 Å². The highest BCUT2D eigenvalue weighted by molar-refractivity contribution is 5.34. The Bertz CT molecular complexity index is 554. The molecular weight excluding hydrogens is 255 g/mol. The normalized spacial score (nSPS) is 10.5. The molecule has 0 atom stereocenters. The molecule has 0 fully saturated rings. The van der Waals surface area contributed by atoms with Crippen LogP contribution in [0.4, 0.5) is 22.0 Å². The van der Waals surface area contributed by atoms with Crippen molar-refractivity contribution in [3.8, 4) is 11.5 Å². The van der Waals surface area contributed by atoms with E-state index in [1.54, 1.807) is 0 Å². The van der Waals surface area contributed by atoms with Crippen LogP contribution >= 0.6 is 0 Å². The smallest absolute Gasteiger partial charge is 0.207 e. The molecule has 0 aliphatic heterocycles. The second kappa shape index (κ2) is 4.64. The van der Waals surface area contributed by atoms with E-state index in [2.05, 4.69) is 10.8 Å². The lowest BCUT2D eigenvalue weighted by Gasteiger charge is -2.09. The third kappa shape index (κ3) is 2.01. The topological polar surface area (TPSA) is 9.23 Å². The molecule has 1 nitrogen and oxygen atoms in total. The number of benzene rings is 2. The van der Waals surface area contributed by atoms with E-state index >= 15 is 0 Å².